The molecule has 0 aliphatic heterocycles. The van der Waals surface area contributed by atoms with E-state index in [0.717, 1.165) is 5.69 Å². The molecule has 0 unspecified atom stereocenters. The molecule has 5 heteroatoms. The van der Waals surface area contributed by atoms with E-state index in [1.165, 1.54) is 23.1 Å². The first-order valence-electron chi connectivity index (χ1n) is 5.56. The number of benzene rings is 1. The Balaban J connectivity index is 2.12. The van der Waals surface area contributed by atoms with Gasteiger partial charge in [0.1, 0.15) is 5.82 Å². The summed E-state index contributed by atoms with van der Waals surface area (Å²) in [4.78, 5) is 13.6. The Morgan fingerprint density at radius 2 is 2.22 bits per heavy atom. The number of halogens is 1. The highest BCUT2D eigenvalue weighted by atomic mass is 19.1. The maximum atomic E-state index is 13.0. The first kappa shape index (κ1) is 12.3. The summed E-state index contributed by atoms with van der Waals surface area (Å²) in [6.07, 6.45) is 1.68. The molecule has 0 bridgehead atoms. The first-order chi connectivity index (χ1) is 8.58. The van der Waals surface area contributed by atoms with Crippen LogP contribution >= 0.6 is 0 Å². The lowest BCUT2D eigenvalue weighted by molar-refractivity contribution is 0.0781. The minimum Gasteiger partial charge on any atom is -0.336 e. The van der Waals surface area contributed by atoms with Gasteiger partial charge >= 0.3 is 0 Å². The summed E-state index contributed by atoms with van der Waals surface area (Å²) in [5.74, 6) is -0.620. The summed E-state index contributed by atoms with van der Waals surface area (Å²) >= 11 is 0. The second-order valence-electron chi connectivity index (χ2n) is 4.12. The fourth-order valence-electron chi connectivity index (χ4n) is 1.71. The van der Waals surface area contributed by atoms with E-state index >= 15 is 0 Å². The third-order valence-corrected chi connectivity index (χ3v) is 2.74. The maximum Gasteiger partial charge on any atom is 0.254 e. The molecule has 0 saturated heterocycles. The van der Waals surface area contributed by atoms with Gasteiger partial charge in [-0.2, -0.15) is 5.10 Å². The number of rotatable bonds is 3. The molecule has 0 aliphatic carbocycles. The second kappa shape index (κ2) is 5.00. The molecule has 0 radical (unpaired) electrons. The lowest BCUT2D eigenvalue weighted by atomic mass is 10.2. The Kier molecular flexibility index (Phi) is 3.41. The minimum atomic E-state index is -0.408. The molecule has 0 N–H and O–H groups in total. The summed E-state index contributed by atoms with van der Waals surface area (Å²) < 4.78 is 14.8. The summed E-state index contributed by atoms with van der Waals surface area (Å²) in [6, 6.07) is 7.53. The van der Waals surface area contributed by atoms with Crippen LogP contribution in [-0.4, -0.2) is 27.6 Å². The molecule has 0 saturated carbocycles. The van der Waals surface area contributed by atoms with E-state index in [9.17, 15) is 9.18 Å². The van der Waals surface area contributed by atoms with Gasteiger partial charge < -0.3 is 4.90 Å². The molecule has 4 nitrogen and oxygen atoms in total. The molecule has 1 heterocycles. The van der Waals surface area contributed by atoms with E-state index < -0.39 is 5.82 Å². The molecule has 1 amide bonds. The van der Waals surface area contributed by atoms with Crippen molar-refractivity contribution in [1.82, 2.24) is 14.7 Å². The number of hydrogen-bond donors (Lipinski definition) is 0. The molecule has 18 heavy (non-hydrogen) atoms. The van der Waals surface area contributed by atoms with Gasteiger partial charge in [0.2, 0.25) is 0 Å². The van der Waals surface area contributed by atoms with E-state index in [4.69, 9.17) is 0 Å². The zero-order valence-electron chi connectivity index (χ0n) is 10.3. The van der Waals surface area contributed by atoms with Crippen molar-refractivity contribution in [3.05, 3.63) is 53.6 Å². The molecule has 2 rings (SSSR count). The Morgan fingerprint density at radius 3 is 2.83 bits per heavy atom. The van der Waals surface area contributed by atoms with Crippen molar-refractivity contribution in [3.63, 3.8) is 0 Å². The summed E-state index contributed by atoms with van der Waals surface area (Å²) in [7, 11) is 3.50. The number of carbonyl (C=O) groups is 1. The van der Waals surface area contributed by atoms with E-state index in [1.807, 2.05) is 13.1 Å². The molecule has 1 aromatic heterocycles. The molecule has 94 valence electrons. The number of nitrogens with zero attached hydrogens (tertiary/aromatic N) is 3. The number of carbonyl (C=O) groups excluding carboxylic acids is 1. The van der Waals surface area contributed by atoms with Crippen LogP contribution in [0.15, 0.2) is 36.5 Å². The van der Waals surface area contributed by atoms with Crippen molar-refractivity contribution >= 4 is 5.91 Å². The Morgan fingerprint density at radius 1 is 1.44 bits per heavy atom. The van der Waals surface area contributed by atoms with Crippen LogP contribution in [0, 0.1) is 5.82 Å². The molecular formula is C13H14FN3O. The predicted molar refractivity (Wildman–Crippen MR) is 65.4 cm³/mol. The van der Waals surface area contributed by atoms with Crippen LogP contribution in [-0.2, 0) is 13.6 Å². The van der Waals surface area contributed by atoms with Crippen LogP contribution in [0.3, 0.4) is 0 Å². The van der Waals surface area contributed by atoms with Crippen LogP contribution in [0.25, 0.3) is 0 Å². The highest BCUT2D eigenvalue weighted by molar-refractivity contribution is 5.93. The van der Waals surface area contributed by atoms with Gasteiger partial charge in [0.15, 0.2) is 0 Å². The second-order valence-corrected chi connectivity index (χ2v) is 4.12. The topological polar surface area (TPSA) is 38.1 Å². The molecular weight excluding hydrogens is 233 g/mol. The SMILES string of the molecule is CN(Cc1ccnn1C)C(=O)c1cccc(F)c1. The minimum absolute atomic E-state index is 0.212. The Labute approximate surface area is 105 Å². The van der Waals surface area contributed by atoms with Crippen molar-refractivity contribution in [3.8, 4) is 0 Å². The maximum absolute atomic E-state index is 13.0. The third kappa shape index (κ3) is 2.56. The molecule has 1 aromatic carbocycles. The lowest BCUT2D eigenvalue weighted by Crippen LogP contribution is -2.27. The summed E-state index contributed by atoms with van der Waals surface area (Å²) in [6.45, 7) is 0.436. The number of hydrogen-bond acceptors (Lipinski definition) is 2. The predicted octanol–water partition coefficient (Wildman–Crippen LogP) is 1.83. The van der Waals surface area contributed by atoms with Crippen LogP contribution < -0.4 is 0 Å². The average molecular weight is 247 g/mol. The fraction of sp³-hybridized carbons (Fsp3) is 0.231. The van der Waals surface area contributed by atoms with Gasteiger partial charge in [0.05, 0.1) is 12.2 Å². The smallest absolute Gasteiger partial charge is 0.254 e. The van der Waals surface area contributed by atoms with Gasteiger partial charge in [-0.25, -0.2) is 4.39 Å². The van der Waals surface area contributed by atoms with Gasteiger partial charge in [-0.3, -0.25) is 9.48 Å². The molecule has 0 atom stereocenters. The number of aromatic nitrogens is 2. The van der Waals surface area contributed by atoms with Gasteiger partial charge in [-0.15, -0.1) is 0 Å². The van der Waals surface area contributed by atoms with Crippen LogP contribution in [0.1, 0.15) is 16.1 Å². The number of amides is 1. The van der Waals surface area contributed by atoms with Crippen molar-refractivity contribution in [2.45, 2.75) is 6.54 Å². The Hall–Kier alpha value is -2.17. The zero-order valence-corrected chi connectivity index (χ0v) is 10.3. The summed E-state index contributed by atoms with van der Waals surface area (Å²) in [5, 5.41) is 4.03. The van der Waals surface area contributed by atoms with Crippen molar-refractivity contribution in [2.24, 2.45) is 7.05 Å². The van der Waals surface area contributed by atoms with E-state index in [2.05, 4.69) is 5.10 Å². The monoisotopic (exact) mass is 247 g/mol. The highest BCUT2D eigenvalue weighted by Crippen LogP contribution is 2.09. The van der Waals surface area contributed by atoms with Crippen molar-refractivity contribution < 1.29 is 9.18 Å². The quantitative estimate of drug-likeness (QED) is 0.830. The standard InChI is InChI=1S/C13H14FN3O/c1-16(9-12-6-7-15-17(12)2)13(18)10-4-3-5-11(14)8-10/h3-8H,9H2,1-2H3. The molecule has 0 fully saturated rings. The van der Waals surface area contributed by atoms with E-state index in [1.54, 1.807) is 24.0 Å². The first-order valence-corrected chi connectivity index (χ1v) is 5.56. The van der Waals surface area contributed by atoms with Gasteiger partial charge in [0, 0.05) is 25.9 Å². The molecule has 0 spiro atoms. The van der Waals surface area contributed by atoms with Gasteiger partial charge in [-0.05, 0) is 24.3 Å². The lowest BCUT2D eigenvalue weighted by Gasteiger charge is -2.17. The average Bonchev–Trinajstić information content (AvgIpc) is 2.74. The number of aryl methyl sites for hydroxylation is 1. The van der Waals surface area contributed by atoms with Crippen LogP contribution in [0.2, 0.25) is 0 Å². The van der Waals surface area contributed by atoms with Gasteiger partial charge in [-0.1, -0.05) is 6.07 Å². The van der Waals surface area contributed by atoms with Crippen LogP contribution in [0.4, 0.5) is 4.39 Å². The highest BCUT2D eigenvalue weighted by Gasteiger charge is 2.13. The fourth-order valence-corrected chi connectivity index (χ4v) is 1.71. The Bertz CT molecular complexity index is 565. The van der Waals surface area contributed by atoms with Crippen LogP contribution in [0.5, 0.6) is 0 Å². The molecule has 0 aliphatic rings. The normalized spacial score (nSPS) is 10.4. The van der Waals surface area contributed by atoms with E-state index in [0.29, 0.717) is 12.1 Å². The largest absolute Gasteiger partial charge is 0.336 e. The summed E-state index contributed by atoms with van der Waals surface area (Å²) in [5.41, 5.74) is 1.27. The molecule has 2 aromatic rings. The van der Waals surface area contributed by atoms with Crippen molar-refractivity contribution in [2.75, 3.05) is 7.05 Å². The van der Waals surface area contributed by atoms with Gasteiger partial charge in [0.25, 0.3) is 5.91 Å². The zero-order chi connectivity index (χ0) is 13.1. The van der Waals surface area contributed by atoms with Crippen molar-refractivity contribution in [1.29, 1.82) is 0 Å². The third-order valence-electron chi connectivity index (χ3n) is 2.74. The van der Waals surface area contributed by atoms with E-state index in [-0.39, 0.29) is 5.91 Å².